The van der Waals surface area contributed by atoms with Gasteiger partial charge >= 0.3 is 11.9 Å². The van der Waals surface area contributed by atoms with Gasteiger partial charge in [-0.2, -0.15) is 0 Å². The van der Waals surface area contributed by atoms with Gasteiger partial charge in [-0.1, -0.05) is 0 Å². The number of ketones is 1. The number of aromatic nitrogens is 1. The first-order chi connectivity index (χ1) is 7.49. The van der Waals surface area contributed by atoms with Crippen LogP contribution in [0.25, 0.3) is 0 Å². The molecule has 1 heterocycles. The van der Waals surface area contributed by atoms with Gasteiger partial charge in [-0.3, -0.25) is 4.79 Å². The van der Waals surface area contributed by atoms with E-state index in [4.69, 9.17) is 5.11 Å². The standard InChI is InChI=1S/C10H11NO5/c1-3-16-10(15)8(12)6-4-11-7(5(6)2)9(13)14/h4,11H,3H2,1-2H3,(H,13,14). The van der Waals surface area contributed by atoms with Crippen LogP contribution in [0.15, 0.2) is 6.20 Å². The van der Waals surface area contributed by atoms with E-state index in [1.54, 1.807) is 6.92 Å². The van der Waals surface area contributed by atoms with Crippen molar-refractivity contribution in [3.8, 4) is 0 Å². The molecule has 0 unspecified atom stereocenters. The number of carbonyl (C=O) groups excluding carboxylic acids is 2. The molecular weight excluding hydrogens is 214 g/mol. The number of H-pyrrole nitrogens is 1. The summed E-state index contributed by atoms with van der Waals surface area (Å²) in [7, 11) is 0. The van der Waals surface area contributed by atoms with E-state index < -0.39 is 17.7 Å². The number of hydrogen-bond donors (Lipinski definition) is 2. The Labute approximate surface area is 91.2 Å². The van der Waals surface area contributed by atoms with E-state index in [0.717, 1.165) is 0 Å². The second kappa shape index (κ2) is 4.61. The summed E-state index contributed by atoms with van der Waals surface area (Å²) in [5.74, 6) is -3.01. The van der Waals surface area contributed by atoms with Crippen molar-refractivity contribution in [2.24, 2.45) is 0 Å². The number of carboxylic acids is 1. The van der Waals surface area contributed by atoms with Crippen LogP contribution >= 0.6 is 0 Å². The molecule has 1 rings (SSSR count). The minimum absolute atomic E-state index is 0.0239. The van der Waals surface area contributed by atoms with Crippen LogP contribution in [0.2, 0.25) is 0 Å². The summed E-state index contributed by atoms with van der Waals surface area (Å²) in [5, 5.41) is 8.74. The summed E-state index contributed by atoms with van der Waals surface area (Å²) >= 11 is 0. The molecule has 1 aromatic heterocycles. The zero-order chi connectivity index (χ0) is 12.3. The zero-order valence-electron chi connectivity index (χ0n) is 8.86. The molecular formula is C10H11NO5. The van der Waals surface area contributed by atoms with Crippen molar-refractivity contribution in [1.29, 1.82) is 0 Å². The molecule has 1 aromatic rings. The lowest BCUT2D eigenvalue weighted by Gasteiger charge is -1.99. The second-order valence-corrected chi connectivity index (χ2v) is 3.06. The van der Waals surface area contributed by atoms with E-state index in [9.17, 15) is 14.4 Å². The van der Waals surface area contributed by atoms with Gasteiger partial charge in [0, 0.05) is 6.20 Å². The van der Waals surface area contributed by atoms with Gasteiger partial charge < -0.3 is 14.8 Å². The summed E-state index contributed by atoms with van der Waals surface area (Å²) in [5.41, 5.74) is 0.147. The second-order valence-electron chi connectivity index (χ2n) is 3.06. The quantitative estimate of drug-likeness (QED) is 0.448. The fourth-order valence-corrected chi connectivity index (χ4v) is 1.26. The number of carboxylic acid groups (broad SMARTS) is 1. The average molecular weight is 225 g/mol. The van der Waals surface area contributed by atoms with E-state index in [1.807, 2.05) is 0 Å². The third-order valence-corrected chi connectivity index (χ3v) is 2.06. The third kappa shape index (κ3) is 2.10. The topological polar surface area (TPSA) is 96.5 Å². The number of carbonyl (C=O) groups is 3. The van der Waals surface area contributed by atoms with Crippen molar-refractivity contribution in [3.63, 3.8) is 0 Å². The number of nitrogens with one attached hydrogen (secondary N) is 1. The minimum Gasteiger partial charge on any atom is -0.477 e. The highest BCUT2D eigenvalue weighted by Crippen LogP contribution is 2.14. The molecule has 0 saturated heterocycles. The lowest BCUT2D eigenvalue weighted by Crippen LogP contribution is -2.18. The number of hydrogen-bond acceptors (Lipinski definition) is 4. The molecule has 0 aliphatic carbocycles. The van der Waals surface area contributed by atoms with Crippen molar-refractivity contribution in [2.45, 2.75) is 13.8 Å². The molecule has 0 aliphatic rings. The largest absolute Gasteiger partial charge is 0.477 e. The molecule has 0 aliphatic heterocycles. The molecule has 16 heavy (non-hydrogen) atoms. The lowest BCUT2D eigenvalue weighted by molar-refractivity contribution is -0.137. The van der Waals surface area contributed by atoms with Crippen molar-refractivity contribution < 1.29 is 24.2 Å². The van der Waals surface area contributed by atoms with Gasteiger partial charge in [-0.25, -0.2) is 9.59 Å². The molecule has 0 radical (unpaired) electrons. The van der Waals surface area contributed by atoms with Crippen LogP contribution in [0.5, 0.6) is 0 Å². The lowest BCUT2D eigenvalue weighted by atomic mass is 10.1. The maximum absolute atomic E-state index is 11.5. The molecule has 6 nitrogen and oxygen atoms in total. The first kappa shape index (κ1) is 12.0. The molecule has 0 atom stereocenters. The van der Waals surface area contributed by atoms with Crippen LogP contribution in [0, 0.1) is 6.92 Å². The Morgan fingerprint density at radius 1 is 1.44 bits per heavy atom. The fourth-order valence-electron chi connectivity index (χ4n) is 1.26. The predicted molar refractivity (Wildman–Crippen MR) is 53.5 cm³/mol. The zero-order valence-corrected chi connectivity index (χ0v) is 8.86. The fraction of sp³-hybridized carbons (Fsp3) is 0.300. The van der Waals surface area contributed by atoms with Gasteiger partial charge in [0.15, 0.2) is 0 Å². The molecule has 0 aromatic carbocycles. The Kier molecular flexibility index (Phi) is 3.44. The molecule has 0 amide bonds. The molecule has 86 valence electrons. The highest BCUT2D eigenvalue weighted by molar-refractivity contribution is 6.41. The van der Waals surface area contributed by atoms with Gasteiger partial charge in [-0.15, -0.1) is 0 Å². The summed E-state index contributed by atoms with van der Waals surface area (Å²) in [6.07, 6.45) is 1.19. The maximum atomic E-state index is 11.5. The number of ether oxygens (including phenoxy) is 1. The number of Topliss-reactive ketones (excluding diaryl/α,β-unsaturated/α-hetero) is 1. The average Bonchev–Trinajstić information content (AvgIpc) is 2.59. The van der Waals surface area contributed by atoms with Crippen molar-refractivity contribution in [1.82, 2.24) is 4.98 Å². The van der Waals surface area contributed by atoms with E-state index in [2.05, 4.69) is 9.72 Å². The summed E-state index contributed by atoms with van der Waals surface area (Å²) < 4.78 is 4.53. The number of aromatic carboxylic acids is 1. The summed E-state index contributed by atoms with van der Waals surface area (Å²) in [6, 6.07) is 0. The van der Waals surface area contributed by atoms with Crippen LogP contribution in [0.4, 0.5) is 0 Å². The highest BCUT2D eigenvalue weighted by atomic mass is 16.5. The molecule has 6 heteroatoms. The minimum atomic E-state index is -1.18. The highest BCUT2D eigenvalue weighted by Gasteiger charge is 2.23. The Hall–Kier alpha value is -2.11. The molecule has 2 N–H and O–H groups in total. The molecule has 0 spiro atoms. The normalized spacial score (nSPS) is 9.88. The Bertz CT molecular complexity index is 446. The SMILES string of the molecule is CCOC(=O)C(=O)c1c[nH]c(C(=O)O)c1C. The summed E-state index contributed by atoms with van der Waals surface area (Å²) in [4.78, 5) is 35.8. The Balaban J connectivity index is 3.02. The van der Waals surface area contributed by atoms with Crippen molar-refractivity contribution in [2.75, 3.05) is 6.61 Å². The van der Waals surface area contributed by atoms with Gasteiger partial charge in [-0.05, 0) is 19.4 Å². The van der Waals surface area contributed by atoms with Gasteiger partial charge in [0.25, 0.3) is 5.78 Å². The van der Waals surface area contributed by atoms with Crippen LogP contribution in [0.3, 0.4) is 0 Å². The number of rotatable bonds is 4. The third-order valence-electron chi connectivity index (χ3n) is 2.06. The maximum Gasteiger partial charge on any atom is 0.379 e. The monoisotopic (exact) mass is 225 g/mol. The van der Waals surface area contributed by atoms with E-state index in [-0.39, 0.29) is 23.4 Å². The molecule has 0 fully saturated rings. The van der Waals surface area contributed by atoms with Gasteiger partial charge in [0.1, 0.15) is 5.69 Å². The van der Waals surface area contributed by atoms with Crippen LogP contribution in [-0.2, 0) is 9.53 Å². The first-order valence-corrected chi connectivity index (χ1v) is 4.61. The van der Waals surface area contributed by atoms with Crippen LogP contribution in [-0.4, -0.2) is 34.4 Å². The van der Waals surface area contributed by atoms with E-state index in [0.29, 0.717) is 0 Å². The molecule has 0 saturated carbocycles. The van der Waals surface area contributed by atoms with E-state index >= 15 is 0 Å². The van der Waals surface area contributed by atoms with Crippen molar-refractivity contribution >= 4 is 17.7 Å². The van der Waals surface area contributed by atoms with Gasteiger partial charge in [0.05, 0.1) is 12.2 Å². The summed E-state index contributed by atoms with van der Waals surface area (Å²) in [6.45, 7) is 3.13. The van der Waals surface area contributed by atoms with Crippen LogP contribution in [0.1, 0.15) is 33.3 Å². The Morgan fingerprint density at radius 2 is 2.06 bits per heavy atom. The van der Waals surface area contributed by atoms with Crippen molar-refractivity contribution in [3.05, 3.63) is 23.0 Å². The number of esters is 1. The van der Waals surface area contributed by atoms with Crippen LogP contribution < -0.4 is 0 Å². The Morgan fingerprint density at radius 3 is 2.50 bits per heavy atom. The predicted octanol–water partition coefficient (Wildman–Crippen LogP) is 0.767. The van der Waals surface area contributed by atoms with E-state index in [1.165, 1.54) is 13.1 Å². The smallest absolute Gasteiger partial charge is 0.379 e. The molecule has 0 bridgehead atoms. The number of aromatic amines is 1. The van der Waals surface area contributed by atoms with Gasteiger partial charge in [0.2, 0.25) is 0 Å². The first-order valence-electron chi connectivity index (χ1n) is 4.61.